The summed E-state index contributed by atoms with van der Waals surface area (Å²) < 4.78 is 24.9. The van der Waals surface area contributed by atoms with Crippen molar-refractivity contribution < 1.29 is 18.9 Å². The zero-order valence-electron chi connectivity index (χ0n) is 19.9. The molecule has 0 N–H and O–H groups in total. The maximum absolute atomic E-state index is 9.40. The summed E-state index contributed by atoms with van der Waals surface area (Å²) in [5, 5.41) is 4.13. The third-order valence-corrected chi connectivity index (χ3v) is 6.04. The zero-order valence-corrected chi connectivity index (χ0v) is 19.9. The van der Waals surface area contributed by atoms with Gasteiger partial charge in [0, 0.05) is 4.91 Å². The Bertz CT molecular complexity index is 1060. The van der Waals surface area contributed by atoms with Crippen molar-refractivity contribution in [1.82, 2.24) is 0 Å². The molecule has 3 aromatic carbocycles. The Labute approximate surface area is 206 Å². The van der Waals surface area contributed by atoms with Crippen LogP contribution >= 0.6 is 0 Å². The van der Waals surface area contributed by atoms with Gasteiger partial charge in [-0.15, -0.1) is 0 Å². The third kappa shape index (κ3) is 7.15. The quantitative estimate of drug-likeness (QED) is 0.199. The van der Waals surface area contributed by atoms with Crippen LogP contribution in [0.3, 0.4) is 0 Å². The van der Waals surface area contributed by atoms with Crippen molar-refractivity contribution in [1.29, 1.82) is 0 Å². The predicted octanol–water partition coefficient (Wildman–Crippen LogP) is 5.84. The maximum Gasteiger partial charge on any atom is 0.108 e. The van der Waals surface area contributed by atoms with E-state index in [0.717, 1.165) is 16.7 Å². The number of nitrogens with zero attached hydrogens (tertiary/aromatic N) is 3. The molecule has 0 radical (unpaired) electrons. The normalized spacial score (nSPS) is 24.0. The summed E-state index contributed by atoms with van der Waals surface area (Å²) in [6.45, 7) is 3.45. The summed E-state index contributed by atoms with van der Waals surface area (Å²) in [5.74, 6) is 0. The Morgan fingerprint density at radius 1 is 0.743 bits per heavy atom. The Kier molecular flexibility index (Phi) is 9.29. The first-order valence-corrected chi connectivity index (χ1v) is 11.9. The van der Waals surface area contributed by atoms with E-state index < -0.39 is 24.4 Å². The number of hydrogen-bond acceptors (Lipinski definition) is 5. The lowest BCUT2D eigenvalue weighted by molar-refractivity contribution is -0.218. The minimum atomic E-state index is -0.568. The van der Waals surface area contributed by atoms with E-state index in [1.807, 2.05) is 97.9 Å². The molecule has 1 aliphatic rings. The molecule has 1 heterocycles. The molecular weight excluding hydrogens is 442 g/mol. The predicted molar refractivity (Wildman–Crippen MR) is 133 cm³/mol. The highest BCUT2D eigenvalue weighted by molar-refractivity contribution is 5.15. The molecule has 35 heavy (non-hydrogen) atoms. The van der Waals surface area contributed by atoms with Crippen LogP contribution in [0.25, 0.3) is 10.4 Å². The molecule has 5 atom stereocenters. The van der Waals surface area contributed by atoms with Gasteiger partial charge in [0.2, 0.25) is 0 Å². The van der Waals surface area contributed by atoms with Gasteiger partial charge < -0.3 is 18.9 Å². The van der Waals surface area contributed by atoms with Crippen molar-refractivity contribution in [2.75, 3.05) is 6.61 Å². The summed E-state index contributed by atoms with van der Waals surface area (Å²) >= 11 is 0. The van der Waals surface area contributed by atoms with Gasteiger partial charge in [-0.2, -0.15) is 0 Å². The molecule has 0 aliphatic carbocycles. The summed E-state index contributed by atoms with van der Waals surface area (Å²) in [6.07, 6.45) is -1.71. The Morgan fingerprint density at radius 3 is 1.74 bits per heavy atom. The van der Waals surface area contributed by atoms with Crippen LogP contribution in [0.2, 0.25) is 0 Å². The van der Waals surface area contributed by atoms with Crippen molar-refractivity contribution in [3.8, 4) is 0 Å². The molecule has 0 aromatic heterocycles. The first-order valence-electron chi connectivity index (χ1n) is 11.9. The van der Waals surface area contributed by atoms with Crippen LogP contribution in [0.5, 0.6) is 0 Å². The minimum Gasteiger partial charge on any atom is -0.374 e. The van der Waals surface area contributed by atoms with Gasteiger partial charge in [0.1, 0.15) is 6.10 Å². The lowest BCUT2D eigenvalue weighted by atomic mass is 9.93. The lowest BCUT2D eigenvalue weighted by Gasteiger charge is -2.44. The van der Waals surface area contributed by atoms with E-state index in [-0.39, 0.29) is 6.10 Å². The number of azide groups is 1. The Hall–Kier alpha value is -3.19. The topological polar surface area (TPSA) is 85.7 Å². The zero-order chi connectivity index (χ0) is 24.3. The van der Waals surface area contributed by atoms with E-state index in [1.165, 1.54) is 0 Å². The van der Waals surface area contributed by atoms with Crippen LogP contribution in [0.1, 0.15) is 23.6 Å². The van der Waals surface area contributed by atoms with Crippen molar-refractivity contribution in [3.63, 3.8) is 0 Å². The second kappa shape index (κ2) is 13.0. The van der Waals surface area contributed by atoms with Crippen LogP contribution in [0.15, 0.2) is 96.1 Å². The standard InChI is InChI=1S/C28H31N3O4/c1-21-27(33-18-23-13-7-3-8-14-23)26(30-31-29)28(34-19-24-15-9-4-10-16-24)25(35-21)20-32-17-22-11-5-2-6-12-22/h2-16,21,25-28H,17-20H2,1H3/t21-,25?,26?,27?,28+/m1/s1. The summed E-state index contributed by atoms with van der Waals surface area (Å²) in [7, 11) is 0. The van der Waals surface area contributed by atoms with Crippen LogP contribution in [0.4, 0.5) is 0 Å². The SMILES string of the molecule is C[C@H]1OC(COCc2ccccc2)[C@H](OCc2ccccc2)C(N=[N+]=[N-])C1OCc1ccccc1. The minimum absolute atomic E-state index is 0.307. The van der Waals surface area contributed by atoms with E-state index in [2.05, 4.69) is 10.0 Å². The average molecular weight is 474 g/mol. The monoisotopic (exact) mass is 473 g/mol. The van der Waals surface area contributed by atoms with Gasteiger partial charge in [-0.25, -0.2) is 0 Å². The van der Waals surface area contributed by atoms with E-state index in [4.69, 9.17) is 18.9 Å². The van der Waals surface area contributed by atoms with Gasteiger partial charge in [0.25, 0.3) is 0 Å². The molecule has 0 bridgehead atoms. The van der Waals surface area contributed by atoms with Crippen molar-refractivity contribution in [3.05, 3.63) is 118 Å². The van der Waals surface area contributed by atoms with Crippen LogP contribution < -0.4 is 0 Å². The third-order valence-electron chi connectivity index (χ3n) is 6.04. The number of ether oxygens (including phenoxy) is 4. The smallest absolute Gasteiger partial charge is 0.108 e. The molecule has 7 heteroatoms. The van der Waals surface area contributed by atoms with Gasteiger partial charge in [0.05, 0.1) is 50.8 Å². The molecule has 1 saturated heterocycles. The first kappa shape index (κ1) is 24.9. The molecule has 1 fully saturated rings. The molecule has 182 valence electrons. The molecule has 0 saturated carbocycles. The first-order chi connectivity index (χ1) is 17.2. The second-order valence-corrected chi connectivity index (χ2v) is 8.60. The molecule has 1 aliphatic heterocycles. The summed E-state index contributed by atoms with van der Waals surface area (Å²) in [6, 6.07) is 29.2. The molecule has 4 rings (SSSR count). The molecule has 3 unspecified atom stereocenters. The van der Waals surface area contributed by atoms with Crippen molar-refractivity contribution in [2.45, 2.75) is 57.2 Å². The van der Waals surface area contributed by atoms with Gasteiger partial charge in [-0.3, -0.25) is 0 Å². The van der Waals surface area contributed by atoms with Crippen molar-refractivity contribution in [2.24, 2.45) is 5.11 Å². The number of benzene rings is 3. The van der Waals surface area contributed by atoms with E-state index in [0.29, 0.717) is 26.4 Å². The van der Waals surface area contributed by atoms with Crippen molar-refractivity contribution >= 4 is 0 Å². The molecule has 0 amide bonds. The van der Waals surface area contributed by atoms with E-state index in [9.17, 15) is 5.53 Å². The summed E-state index contributed by atoms with van der Waals surface area (Å²) in [5.41, 5.74) is 12.5. The van der Waals surface area contributed by atoms with E-state index >= 15 is 0 Å². The fraction of sp³-hybridized carbons (Fsp3) is 0.357. The van der Waals surface area contributed by atoms with Crippen LogP contribution in [-0.2, 0) is 38.8 Å². The average Bonchev–Trinajstić information content (AvgIpc) is 2.90. The fourth-order valence-corrected chi connectivity index (χ4v) is 4.28. The van der Waals surface area contributed by atoms with E-state index in [1.54, 1.807) is 0 Å². The second-order valence-electron chi connectivity index (χ2n) is 8.60. The highest BCUT2D eigenvalue weighted by Gasteiger charge is 2.45. The van der Waals surface area contributed by atoms with Crippen LogP contribution in [-0.4, -0.2) is 37.1 Å². The molecule has 3 aromatic rings. The highest BCUT2D eigenvalue weighted by Crippen LogP contribution is 2.30. The van der Waals surface area contributed by atoms with Gasteiger partial charge in [-0.05, 0) is 29.1 Å². The Balaban J connectivity index is 1.49. The largest absolute Gasteiger partial charge is 0.374 e. The van der Waals surface area contributed by atoms with Gasteiger partial charge in [-0.1, -0.05) is 96.1 Å². The molecular formula is C28H31N3O4. The molecule has 7 nitrogen and oxygen atoms in total. The Morgan fingerprint density at radius 2 is 1.23 bits per heavy atom. The number of hydrogen-bond donors (Lipinski definition) is 0. The fourth-order valence-electron chi connectivity index (χ4n) is 4.28. The highest BCUT2D eigenvalue weighted by atomic mass is 16.6. The lowest BCUT2D eigenvalue weighted by Crippen LogP contribution is -2.58. The summed E-state index contributed by atoms with van der Waals surface area (Å²) in [4.78, 5) is 3.14. The van der Waals surface area contributed by atoms with Crippen LogP contribution in [0, 0.1) is 0 Å². The maximum atomic E-state index is 9.40. The molecule has 0 spiro atoms. The number of rotatable bonds is 11. The van der Waals surface area contributed by atoms with Gasteiger partial charge >= 0.3 is 0 Å². The van der Waals surface area contributed by atoms with Gasteiger partial charge in [0.15, 0.2) is 0 Å².